The summed E-state index contributed by atoms with van der Waals surface area (Å²) in [5.74, 6) is 0.0985. The lowest BCUT2D eigenvalue weighted by Gasteiger charge is -2.32. The van der Waals surface area contributed by atoms with Crippen molar-refractivity contribution in [2.24, 2.45) is 0 Å². The molecule has 0 bridgehead atoms. The zero-order valence-electron chi connectivity index (χ0n) is 11.8. The quantitative estimate of drug-likeness (QED) is 0.923. The van der Waals surface area contributed by atoms with E-state index < -0.39 is 6.29 Å². The average Bonchev–Trinajstić information content (AvgIpc) is 2.78. The molecule has 2 heterocycles. The van der Waals surface area contributed by atoms with Gasteiger partial charge in [-0.2, -0.15) is 0 Å². The summed E-state index contributed by atoms with van der Waals surface area (Å²) in [5.41, 5.74) is 0.701. The maximum Gasteiger partial charge on any atom is 0.586 e. The maximum atomic E-state index is 12.9. The predicted octanol–water partition coefficient (Wildman–Crippen LogP) is 2.14. The van der Waals surface area contributed by atoms with Crippen LogP contribution in [0.2, 0.25) is 0 Å². The van der Waals surface area contributed by atoms with Gasteiger partial charge in [-0.15, -0.1) is 8.78 Å². The molecule has 0 saturated carbocycles. The lowest BCUT2D eigenvalue weighted by molar-refractivity contribution is -0.286. The van der Waals surface area contributed by atoms with Gasteiger partial charge in [0.1, 0.15) is 0 Å². The molecular formula is C14H18F2N2O3. The van der Waals surface area contributed by atoms with E-state index in [0.717, 1.165) is 19.6 Å². The van der Waals surface area contributed by atoms with E-state index in [2.05, 4.69) is 26.6 Å². The molecule has 21 heavy (non-hydrogen) atoms. The number of nitrogens with one attached hydrogen (secondary N) is 1. The molecule has 0 spiro atoms. The number of hydrogen-bond acceptors (Lipinski definition) is 5. The van der Waals surface area contributed by atoms with Crippen molar-refractivity contribution in [2.75, 3.05) is 38.1 Å². The third kappa shape index (κ3) is 3.36. The van der Waals surface area contributed by atoms with Gasteiger partial charge in [0, 0.05) is 31.4 Å². The molecule has 1 atom stereocenters. The summed E-state index contributed by atoms with van der Waals surface area (Å²) in [4.78, 5) is 2.32. The summed E-state index contributed by atoms with van der Waals surface area (Å²) in [6.07, 6.45) is -3.49. The Balaban J connectivity index is 1.57. The SMILES string of the molecule is CCN1CCOC(CNc2ccc3c(c2)OC(F)(F)O3)C1. The van der Waals surface area contributed by atoms with Crippen LogP contribution in [0.15, 0.2) is 18.2 Å². The van der Waals surface area contributed by atoms with Gasteiger partial charge < -0.3 is 19.5 Å². The Labute approximate surface area is 121 Å². The number of likely N-dealkylation sites (N-methyl/N-ethyl adjacent to an activating group) is 1. The fraction of sp³-hybridized carbons (Fsp3) is 0.571. The molecule has 116 valence electrons. The van der Waals surface area contributed by atoms with Crippen molar-refractivity contribution in [1.82, 2.24) is 4.90 Å². The maximum absolute atomic E-state index is 12.9. The molecular weight excluding hydrogens is 282 g/mol. The molecule has 3 rings (SSSR count). The Morgan fingerprint density at radius 3 is 2.95 bits per heavy atom. The number of morpholine rings is 1. The van der Waals surface area contributed by atoms with E-state index >= 15 is 0 Å². The monoisotopic (exact) mass is 300 g/mol. The van der Waals surface area contributed by atoms with E-state index in [4.69, 9.17) is 4.74 Å². The third-order valence-corrected chi connectivity index (χ3v) is 3.61. The van der Waals surface area contributed by atoms with Gasteiger partial charge in [-0.1, -0.05) is 6.92 Å². The van der Waals surface area contributed by atoms with Crippen molar-refractivity contribution in [1.29, 1.82) is 0 Å². The largest absolute Gasteiger partial charge is 0.586 e. The van der Waals surface area contributed by atoms with Crippen LogP contribution in [-0.4, -0.2) is 50.1 Å². The van der Waals surface area contributed by atoms with E-state index in [1.54, 1.807) is 6.07 Å². The summed E-state index contributed by atoms with van der Waals surface area (Å²) in [6.45, 7) is 6.27. The Hall–Kier alpha value is -1.60. The van der Waals surface area contributed by atoms with Crippen molar-refractivity contribution < 1.29 is 23.0 Å². The first-order valence-electron chi connectivity index (χ1n) is 7.03. The van der Waals surface area contributed by atoms with E-state index in [1.807, 2.05) is 0 Å². The van der Waals surface area contributed by atoms with Crippen LogP contribution in [-0.2, 0) is 4.74 Å². The van der Waals surface area contributed by atoms with Crippen molar-refractivity contribution in [3.63, 3.8) is 0 Å². The minimum atomic E-state index is -3.57. The van der Waals surface area contributed by atoms with Crippen molar-refractivity contribution in [3.05, 3.63) is 18.2 Å². The highest BCUT2D eigenvalue weighted by Gasteiger charge is 2.43. The Morgan fingerprint density at radius 2 is 2.14 bits per heavy atom. The molecule has 1 N–H and O–H groups in total. The van der Waals surface area contributed by atoms with Crippen molar-refractivity contribution in [2.45, 2.75) is 19.3 Å². The zero-order chi connectivity index (χ0) is 14.9. The van der Waals surface area contributed by atoms with Crippen LogP contribution in [0.1, 0.15) is 6.92 Å². The first kappa shape index (κ1) is 14.3. The second-order valence-electron chi connectivity index (χ2n) is 5.10. The highest BCUT2D eigenvalue weighted by Crippen LogP contribution is 2.42. The van der Waals surface area contributed by atoms with Crippen molar-refractivity contribution >= 4 is 5.69 Å². The van der Waals surface area contributed by atoms with Gasteiger partial charge in [0.05, 0.1) is 12.7 Å². The van der Waals surface area contributed by atoms with E-state index in [0.29, 0.717) is 18.8 Å². The van der Waals surface area contributed by atoms with Gasteiger partial charge in [-0.25, -0.2) is 0 Å². The summed E-state index contributed by atoms with van der Waals surface area (Å²) in [6, 6.07) is 4.67. The minimum Gasteiger partial charge on any atom is -0.395 e. The number of ether oxygens (including phenoxy) is 3. The molecule has 2 aliphatic rings. The zero-order valence-corrected chi connectivity index (χ0v) is 11.8. The molecule has 0 aliphatic carbocycles. The van der Waals surface area contributed by atoms with Crippen LogP contribution >= 0.6 is 0 Å². The molecule has 1 saturated heterocycles. The number of alkyl halides is 2. The van der Waals surface area contributed by atoms with Gasteiger partial charge >= 0.3 is 6.29 Å². The van der Waals surface area contributed by atoms with Gasteiger partial charge in [0.25, 0.3) is 0 Å². The molecule has 0 aromatic heterocycles. The molecule has 1 aromatic rings. The Bertz CT molecular complexity index is 513. The van der Waals surface area contributed by atoms with Gasteiger partial charge in [0.2, 0.25) is 0 Å². The molecule has 7 heteroatoms. The van der Waals surface area contributed by atoms with E-state index in [-0.39, 0.29) is 17.6 Å². The summed E-state index contributed by atoms with van der Waals surface area (Å²) < 4.78 is 40.3. The molecule has 0 amide bonds. The predicted molar refractivity (Wildman–Crippen MR) is 73.0 cm³/mol. The molecule has 2 aliphatic heterocycles. The van der Waals surface area contributed by atoms with Crippen LogP contribution < -0.4 is 14.8 Å². The van der Waals surface area contributed by atoms with Crippen LogP contribution in [0, 0.1) is 0 Å². The van der Waals surface area contributed by atoms with Crippen LogP contribution in [0.3, 0.4) is 0 Å². The second-order valence-corrected chi connectivity index (χ2v) is 5.10. The van der Waals surface area contributed by atoms with E-state index in [1.165, 1.54) is 12.1 Å². The molecule has 1 fully saturated rings. The first-order valence-corrected chi connectivity index (χ1v) is 7.03. The fourth-order valence-electron chi connectivity index (χ4n) is 2.48. The number of halogens is 2. The smallest absolute Gasteiger partial charge is 0.395 e. The minimum absolute atomic E-state index is 0.0461. The molecule has 1 unspecified atom stereocenters. The van der Waals surface area contributed by atoms with Crippen LogP contribution in [0.4, 0.5) is 14.5 Å². The normalized spacial score (nSPS) is 24.0. The van der Waals surface area contributed by atoms with Gasteiger partial charge in [-0.05, 0) is 18.7 Å². The van der Waals surface area contributed by atoms with Crippen LogP contribution in [0.25, 0.3) is 0 Å². The molecule has 1 aromatic carbocycles. The second kappa shape index (κ2) is 5.65. The number of hydrogen-bond donors (Lipinski definition) is 1. The number of rotatable bonds is 4. The molecule has 5 nitrogen and oxygen atoms in total. The third-order valence-electron chi connectivity index (χ3n) is 3.61. The van der Waals surface area contributed by atoms with Crippen LogP contribution in [0.5, 0.6) is 11.5 Å². The van der Waals surface area contributed by atoms with Gasteiger partial charge in [0.15, 0.2) is 11.5 Å². The Kier molecular flexibility index (Phi) is 3.86. The Morgan fingerprint density at radius 1 is 1.33 bits per heavy atom. The van der Waals surface area contributed by atoms with Gasteiger partial charge in [-0.3, -0.25) is 4.90 Å². The highest BCUT2D eigenvalue weighted by molar-refractivity contribution is 5.56. The lowest BCUT2D eigenvalue weighted by Crippen LogP contribution is -2.45. The first-order chi connectivity index (χ1) is 10.1. The summed E-state index contributed by atoms with van der Waals surface area (Å²) >= 11 is 0. The summed E-state index contributed by atoms with van der Waals surface area (Å²) in [7, 11) is 0. The average molecular weight is 300 g/mol. The molecule has 0 radical (unpaired) electrons. The number of benzene rings is 1. The fourth-order valence-corrected chi connectivity index (χ4v) is 2.48. The number of nitrogens with zero attached hydrogens (tertiary/aromatic N) is 1. The van der Waals surface area contributed by atoms with E-state index in [9.17, 15) is 8.78 Å². The topological polar surface area (TPSA) is 43.0 Å². The lowest BCUT2D eigenvalue weighted by atomic mass is 10.2. The number of anilines is 1. The van der Waals surface area contributed by atoms with Crippen molar-refractivity contribution in [3.8, 4) is 11.5 Å². The number of fused-ring (bicyclic) bond motifs is 1. The highest BCUT2D eigenvalue weighted by atomic mass is 19.3. The standard InChI is InChI=1S/C14H18F2N2O3/c1-2-18-5-6-19-11(9-18)8-17-10-3-4-12-13(7-10)21-14(15,16)20-12/h3-4,7,11,17H,2,5-6,8-9H2,1H3. The summed E-state index contributed by atoms with van der Waals surface area (Å²) in [5, 5.41) is 3.18.